The third-order valence-corrected chi connectivity index (χ3v) is 5.84. The van der Waals surface area contributed by atoms with Crippen molar-refractivity contribution in [3.05, 3.63) is 53.9 Å². The Kier molecular flexibility index (Phi) is 6.70. The molecule has 1 fully saturated rings. The van der Waals surface area contributed by atoms with Crippen molar-refractivity contribution in [3.63, 3.8) is 0 Å². The van der Waals surface area contributed by atoms with Crippen molar-refractivity contribution >= 4 is 11.6 Å². The molecule has 2 aromatic carbocycles. The average molecular weight is 437 g/mol. The molecule has 0 saturated carbocycles. The summed E-state index contributed by atoms with van der Waals surface area (Å²) in [5, 5.41) is 7.13. The van der Waals surface area contributed by atoms with Crippen molar-refractivity contribution in [1.82, 2.24) is 15.0 Å². The highest BCUT2D eigenvalue weighted by Crippen LogP contribution is 2.30. The Bertz CT molecular complexity index is 1070. The molecule has 32 heavy (non-hydrogen) atoms. The van der Waals surface area contributed by atoms with Gasteiger partial charge in [0, 0.05) is 17.5 Å². The topological polar surface area (TPSA) is 89.7 Å². The quantitative estimate of drug-likeness (QED) is 0.600. The van der Waals surface area contributed by atoms with Gasteiger partial charge >= 0.3 is 0 Å². The summed E-state index contributed by atoms with van der Waals surface area (Å²) >= 11 is 0. The largest absolute Gasteiger partial charge is 0.497 e. The van der Waals surface area contributed by atoms with E-state index in [0.29, 0.717) is 35.4 Å². The number of nitrogens with zero attached hydrogens (tertiary/aromatic N) is 3. The van der Waals surface area contributed by atoms with Gasteiger partial charge in [0.05, 0.1) is 26.5 Å². The summed E-state index contributed by atoms with van der Waals surface area (Å²) in [4.78, 5) is 19.6. The number of rotatable bonds is 7. The van der Waals surface area contributed by atoms with Crippen LogP contribution in [0.3, 0.4) is 0 Å². The summed E-state index contributed by atoms with van der Waals surface area (Å²) in [6.45, 7) is 4.20. The third-order valence-electron chi connectivity index (χ3n) is 5.84. The second-order valence-corrected chi connectivity index (χ2v) is 7.93. The molecule has 0 atom stereocenters. The predicted molar refractivity (Wildman–Crippen MR) is 121 cm³/mol. The first-order valence-corrected chi connectivity index (χ1v) is 10.7. The van der Waals surface area contributed by atoms with Crippen LogP contribution in [0.1, 0.15) is 24.3 Å². The van der Waals surface area contributed by atoms with Crippen LogP contribution in [0.15, 0.2) is 47.0 Å². The molecular weight excluding hydrogens is 408 g/mol. The van der Waals surface area contributed by atoms with E-state index >= 15 is 0 Å². The van der Waals surface area contributed by atoms with Crippen LogP contribution in [-0.4, -0.2) is 48.3 Å². The first kappa shape index (κ1) is 21.8. The van der Waals surface area contributed by atoms with Crippen molar-refractivity contribution in [2.45, 2.75) is 26.3 Å². The number of carbonyl (C=O) groups excluding carboxylic acids is 1. The SMILES string of the molecule is COc1ccc(NC(=O)C2CCN(Cc3nc(-c4ccccc4C)no3)CC2)c(OC)c1. The number of piperidine rings is 1. The molecule has 0 aliphatic carbocycles. The molecule has 1 saturated heterocycles. The van der Waals surface area contributed by atoms with Crippen molar-refractivity contribution in [1.29, 1.82) is 0 Å². The molecule has 1 N–H and O–H groups in total. The molecular formula is C24H28N4O4. The summed E-state index contributed by atoms with van der Waals surface area (Å²) in [7, 11) is 3.17. The van der Waals surface area contributed by atoms with Gasteiger partial charge in [0.2, 0.25) is 17.6 Å². The minimum absolute atomic E-state index is 0.00717. The van der Waals surface area contributed by atoms with E-state index in [9.17, 15) is 4.79 Å². The Morgan fingerprint density at radius 3 is 2.66 bits per heavy atom. The van der Waals surface area contributed by atoms with E-state index in [1.54, 1.807) is 32.4 Å². The maximum absolute atomic E-state index is 12.8. The van der Waals surface area contributed by atoms with Gasteiger partial charge < -0.3 is 19.3 Å². The third kappa shape index (κ3) is 4.91. The van der Waals surface area contributed by atoms with Crippen LogP contribution < -0.4 is 14.8 Å². The monoisotopic (exact) mass is 436 g/mol. The molecule has 8 nitrogen and oxygen atoms in total. The van der Waals surface area contributed by atoms with E-state index in [4.69, 9.17) is 14.0 Å². The Morgan fingerprint density at radius 1 is 1.16 bits per heavy atom. The Morgan fingerprint density at radius 2 is 1.94 bits per heavy atom. The lowest BCUT2D eigenvalue weighted by molar-refractivity contribution is -0.121. The zero-order chi connectivity index (χ0) is 22.5. The van der Waals surface area contributed by atoms with Crippen LogP contribution in [0.2, 0.25) is 0 Å². The second-order valence-electron chi connectivity index (χ2n) is 7.93. The molecule has 0 spiro atoms. The van der Waals surface area contributed by atoms with Gasteiger partial charge in [-0.15, -0.1) is 0 Å². The van der Waals surface area contributed by atoms with Crippen LogP contribution in [0.4, 0.5) is 5.69 Å². The number of amides is 1. The number of benzene rings is 2. The lowest BCUT2D eigenvalue weighted by Crippen LogP contribution is -2.37. The average Bonchev–Trinajstić information content (AvgIpc) is 3.28. The van der Waals surface area contributed by atoms with Crippen LogP contribution >= 0.6 is 0 Å². The highest BCUT2D eigenvalue weighted by molar-refractivity contribution is 5.94. The van der Waals surface area contributed by atoms with Crippen LogP contribution in [0.5, 0.6) is 11.5 Å². The molecule has 8 heteroatoms. The number of aryl methyl sites for hydroxylation is 1. The molecule has 0 bridgehead atoms. The van der Waals surface area contributed by atoms with E-state index in [2.05, 4.69) is 20.4 Å². The van der Waals surface area contributed by atoms with Crippen LogP contribution in [0.25, 0.3) is 11.4 Å². The highest BCUT2D eigenvalue weighted by atomic mass is 16.5. The molecule has 2 heterocycles. The molecule has 1 aromatic heterocycles. The maximum Gasteiger partial charge on any atom is 0.241 e. The zero-order valence-electron chi connectivity index (χ0n) is 18.6. The maximum atomic E-state index is 12.8. The molecule has 0 radical (unpaired) electrons. The number of hydrogen-bond donors (Lipinski definition) is 1. The van der Waals surface area contributed by atoms with Crippen molar-refractivity contribution in [2.75, 3.05) is 32.6 Å². The van der Waals surface area contributed by atoms with Gasteiger partial charge in [-0.3, -0.25) is 9.69 Å². The molecule has 3 aromatic rings. The van der Waals surface area contributed by atoms with Crippen molar-refractivity contribution in [2.24, 2.45) is 5.92 Å². The Hall–Kier alpha value is -3.39. The normalized spacial score (nSPS) is 14.8. The van der Waals surface area contributed by atoms with Gasteiger partial charge in [0.15, 0.2) is 0 Å². The zero-order valence-corrected chi connectivity index (χ0v) is 18.6. The molecule has 4 rings (SSSR count). The van der Waals surface area contributed by atoms with Crippen molar-refractivity contribution < 1.29 is 18.8 Å². The molecule has 1 amide bonds. The van der Waals surface area contributed by atoms with E-state index < -0.39 is 0 Å². The number of anilines is 1. The first-order chi connectivity index (χ1) is 15.6. The number of carbonyl (C=O) groups is 1. The number of aromatic nitrogens is 2. The fourth-order valence-corrected chi connectivity index (χ4v) is 3.93. The minimum atomic E-state index is -0.0525. The number of methoxy groups -OCH3 is 2. The summed E-state index contributed by atoms with van der Waals surface area (Å²) < 4.78 is 16.1. The lowest BCUT2D eigenvalue weighted by atomic mass is 9.96. The van der Waals surface area contributed by atoms with Gasteiger partial charge in [0.1, 0.15) is 11.5 Å². The number of likely N-dealkylation sites (tertiary alicyclic amines) is 1. The fourth-order valence-electron chi connectivity index (χ4n) is 3.93. The van der Waals surface area contributed by atoms with Gasteiger partial charge in [-0.25, -0.2) is 0 Å². The van der Waals surface area contributed by atoms with E-state index in [1.807, 2.05) is 31.2 Å². The first-order valence-electron chi connectivity index (χ1n) is 10.7. The molecule has 0 unspecified atom stereocenters. The minimum Gasteiger partial charge on any atom is -0.497 e. The van der Waals surface area contributed by atoms with Gasteiger partial charge in [-0.1, -0.05) is 29.4 Å². The Labute approximate surface area is 187 Å². The van der Waals surface area contributed by atoms with Gasteiger partial charge in [-0.2, -0.15) is 4.98 Å². The number of nitrogens with one attached hydrogen (secondary N) is 1. The summed E-state index contributed by atoms with van der Waals surface area (Å²) in [5.74, 6) is 2.42. The predicted octanol–water partition coefficient (Wildman–Crippen LogP) is 3.91. The summed E-state index contributed by atoms with van der Waals surface area (Å²) in [5.41, 5.74) is 2.74. The van der Waals surface area contributed by atoms with Crippen LogP contribution in [-0.2, 0) is 11.3 Å². The smallest absolute Gasteiger partial charge is 0.241 e. The molecule has 1 aliphatic heterocycles. The number of ether oxygens (including phenoxy) is 2. The summed E-state index contributed by atoms with van der Waals surface area (Å²) in [6.07, 6.45) is 1.53. The standard InChI is InChI=1S/C24H28N4O4/c1-16-6-4-5-7-19(16)23-26-22(32-27-23)15-28-12-10-17(11-13-28)24(29)25-20-9-8-18(30-2)14-21(20)31-3/h4-9,14,17H,10-13,15H2,1-3H3,(H,25,29). The summed E-state index contributed by atoms with van der Waals surface area (Å²) in [6, 6.07) is 13.3. The highest BCUT2D eigenvalue weighted by Gasteiger charge is 2.26. The second kappa shape index (κ2) is 9.82. The van der Waals surface area contributed by atoms with Gasteiger partial charge in [0.25, 0.3) is 0 Å². The fraction of sp³-hybridized carbons (Fsp3) is 0.375. The number of hydrogen-bond acceptors (Lipinski definition) is 7. The lowest BCUT2D eigenvalue weighted by Gasteiger charge is -2.30. The van der Waals surface area contributed by atoms with E-state index in [0.717, 1.165) is 37.1 Å². The Balaban J connectivity index is 1.31. The van der Waals surface area contributed by atoms with E-state index in [-0.39, 0.29) is 11.8 Å². The van der Waals surface area contributed by atoms with Crippen LogP contribution in [0, 0.1) is 12.8 Å². The van der Waals surface area contributed by atoms with Gasteiger partial charge in [-0.05, 0) is 50.6 Å². The molecule has 168 valence electrons. The molecule has 1 aliphatic rings. The van der Waals surface area contributed by atoms with E-state index in [1.165, 1.54) is 0 Å². The van der Waals surface area contributed by atoms with Crippen molar-refractivity contribution in [3.8, 4) is 22.9 Å².